The molecule has 1 amide bonds. The highest BCUT2D eigenvalue weighted by molar-refractivity contribution is 9.11. The van der Waals surface area contributed by atoms with Crippen LogP contribution in [0.3, 0.4) is 0 Å². The van der Waals surface area contributed by atoms with Crippen LogP contribution in [-0.4, -0.2) is 34.7 Å². The van der Waals surface area contributed by atoms with Crippen LogP contribution < -0.4 is 5.32 Å². The summed E-state index contributed by atoms with van der Waals surface area (Å²) < 4.78 is 1.47. The molecular weight excluding hydrogens is 370 g/mol. The average molecular weight is 381 g/mol. The van der Waals surface area contributed by atoms with Gasteiger partial charge in [0.1, 0.15) is 0 Å². The number of carbonyl (C=O) groups excluding carboxylic acids is 1. The molecule has 1 aromatic carbocycles. The smallest absolute Gasteiger partial charge is 0.332 e. The second-order valence-electron chi connectivity index (χ2n) is 3.52. The maximum atomic E-state index is 11.7. The number of carboxylic acid groups (broad SMARTS) is 1. The molecule has 0 heterocycles. The van der Waals surface area contributed by atoms with Gasteiger partial charge in [-0.3, -0.25) is 4.79 Å². The molecule has 0 radical (unpaired) electrons. The Morgan fingerprint density at radius 1 is 1.33 bits per heavy atom. The number of aliphatic hydroxyl groups excluding tert-OH is 1. The fraction of sp³-hybridized carbons (Fsp3) is 0.273. The van der Waals surface area contributed by atoms with Crippen molar-refractivity contribution in [2.75, 3.05) is 6.54 Å². The lowest BCUT2D eigenvalue weighted by molar-refractivity contribution is -0.146. The van der Waals surface area contributed by atoms with E-state index in [1.54, 1.807) is 18.2 Å². The number of aliphatic hydroxyl groups is 1. The van der Waals surface area contributed by atoms with Crippen molar-refractivity contribution in [3.63, 3.8) is 0 Å². The summed E-state index contributed by atoms with van der Waals surface area (Å²) in [5, 5.41) is 20.0. The van der Waals surface area contributed by atoms with E-state index in [9.17, 15) is 9.59 Å². The Morgan fingerprint density at radius 3 is 2.56 bits per heavy atom. The fourth-order valence-electron chi connectivity index (χ4n) is 1.21. The van der Waals surface area contributed by atoms with E-state index in [-0.39, 0.29) is 18.9 Å². The van der Waals surface area contributed by atoms with E-state index in [4.69, 9.17) is 10.2 Å². The van der Waals surface area contributed by atoms with E-state index >= 15 is 0 Å². The third kappa shape index (κ3) is 4.40. The van der Waals surface area contributed by atoms with Crippen molar-refractivity contribution in [3.05, 3.63) is 32.7 Å². The van der Waals surface area contributed by atoms with Crippen LogP contribution in [-0.2, 0) is 4.79 Å². The highest BCUT2D eigenvalue weighted by Crippen LogP contribution is 2.21. The van der Waals surface area contributed by atoms with Crippen molar-refractivity contribution in [2.45, 2.75) is 12.5 Å². The highest BCUT2D eigenvalue weighted by atomic mass is 79.9. The predicted octanol–water partition coefficient (Wildman–Crippen LogP) is 1.78. The Balaban J connectivity index is 2.53. The minimum Gasteiger partial charge on any atom is -0.479 e. The van der Waals surface area contributed by atoms with Crippen LogP contribution in [0.5, 0.6) is 0 Å². The summed E-state index contributed by atoms with van der Waals surface area (Å²) in [5.41, 5.74) is 0.447. The zero-order valence-corrected chi connectivity index (χ0v) is 12.4. The number of amides is 1. The van der Waals surface area contributed by atoms with E-state index < -0.39 is 12.1 Å². The van der Waals surface area contributed by atoms with Crippen LogP contribution in [0.15, 0.2) is 27.1 Å². The first-order chi connectivity index (χ1) is 8.41. The standard InChI is InChI=1S/C11H11Br2NO4/c12-6-1-2-7(8(13)5-6)10(16)14-4-3-9(15)11(17)18/h1-2,5,9,15H,3-4H2,(H,14,16)(H,17,18)/t9-/m0/s1. The Kier molecular flexibility index (Phi) is 5.77. The molecule has 0 saturated heterocycles. The number of halogens is 2. The maximum absolute atomic E-state index is 11.7. The van der Waals surface area contributed by atoms with Crippen LogP contribution in [0.1, 0.15) is 16.8 Å². The van der Waals surface area contributed by atoms with E-state index in [1.807, 2.05) is 0 Å². The zero-order valence-electron chi connectivity index (χ0n) is 9.19. The predicted molar refractivity (Wildman–Crippen MR) is 72.4 cm³/mol. The first-order valence-corrected chi connectivity index (χ1v) is 6.64. The van der Waals surface area contributed by atoms with Gasteiger partial charge in [-0.2, -0.15) is 0 Å². The Bertz CT molecular complexity index is 464. The van der Waals surface area contributed by atoms with Gasteiger partial charge >= 0.3 is 5.97 Å². The number of hydrogen-bond acceptors (Lipinski definition) is 3. The Morgan fingerprint density at radius 2 is 2.00 bits per heavy atom. The zero-order chi connectivity index (χ0) is 13.7. The van der Waals surface area contributed by atoms with Gasteiger partial charge in [0, 0.05) is 21.9 Å². The van der Waals surface area contributed by atoms with Gasteiger partial charge in [0.05, 0.1) is 5.56 Å². The maximum Gasteiger partial charge on any atom is 0.332 e. The van der Waals surface area contributed by atoms with Crippen molar-refractivity contribution in [1.29, 1.82) is 0 Å². The number of hydrogen-bond donors (Lipinski definition) is 3. The molecule has 0 aliphatic carbocycles. The molecule has 0 saturated carbocycles. The topological polar surface area (TPSA) is 86.6 Å². The number of benzene rings is 1. The summed E-state index contributed by atoms with van der Waals surface area (Å²) in [6.07, 6.45) is -1.49. The van der Waals surface area contributed by atoms with Gasteiger partial charge in [0.15, 0.2) is 6.10 Å². The largest absolute Gasteiger partial charge is 0.479 e. The van der Waals surface area contributed by atoms with Crippen molar-refractivity contribution in [3.8, 4) is 0 Å². The lowest BCUT2D eigenvalue weighted by atomic mass is 10.2. The lowest BCUT2D eigenvalue weighted by Crippen LogP contribution is -2.30. The van der Waals surface area contributed by atoms with Gasteiger partial charge in [-0.1, -0.05) is 15.9 Å². The SMILES string of the molecule is O=C(NCC[C@H](O)C(=O)O)c1ccc(Br)cc1Br. The molecule has 0 aliphatic heterocycles. The molecule has 0 fully saturated rings. The van der Waals surface area contributed by atoms with Gasteiger partial charge in [-0.05, 0) is 34.1 Å². The number of nitrogens with one attached hydrogen (secondary N) is 1. The Labute approximate surface area is 120 Å². The molecule has 0 bridgehead atoms. The third-order valence-corrected chi connectivity index (χ3v) is 3.31. The van der Waals surface area contributed by atoms with Crippen molar-refractivity contribution in [1.82, 2.24) is 5.32 Å². The minimum atomic E-state index is -1.46. The first kappa shape index (κ1) is 15.1. The monoisotopic (exact) mass is 379 g/mol. The normalized spacial score (nSPS) is 11.9. The van der Waals surface area contributed by atoms with Crippen molar-refractivity contribution >= 4 is 43.7 Å². The van der Waals surface area contributed by atoms with Gasteiger partial charge in [0.2, 0.25) is 0 Å². The highest BCUT2D eigenvalue weighted by Gasteiger charge is 2.14. The molecule has 1 rings (SSSR count). The first-order valence-electron chi connectivity index (χ1n) is 5.06. The number of aliphatic carboxylic acids is 1. The van der Waals surface area contributed by atoms with Crippen LogP contribution >= 0.6 is 31.9 Å². The summed E-state index contributed by atoms with van der Waals surface area (Å²) in [5.74, 6) is -1.62. The molecule has 98 valence electrons. The van der Waals surface area contributed by atoms with Gasteiger partial charge < -0.3 is 15.5 Å². The summed E-state index contributed by atoms with van der Waals surface area (Å²) in [6, 6.07) is 5.10. The molecule has 5 nitrogen and oxygen atoms in total. The van der Waals surface area contributed by atoms with E-state index in [1.165, 1.54) is 0 Å². The van der Waals surface area contributed by atoms with E-state index in [0.29, 0.717) is 10.0 Å². The summed E-state index contributed by atoms with van der Waals surface area (Å²) in [4.78, 5) is 22.1. The van der Waals surface area contributed by atoms with Crippen LogP contribution in [0.4, 0.5) is 0 Å². The fourth-order valence-corrected chi connectivity index (χ4v) is 2.44. The molecule has 1 atom stereocenters. The summed E-state index contributed by atoms with van der Waals surface area (Å²) >= 11 is 6.53. The molecule has 1 aromatic rings. The molecule has 0 aliphatic rings. The second kappa shape index (κ2) is 6.86. The summed E-state index contributed by atoms with van der Waals surface area (Å²) in [6.45, 7) is 0.0921. The number of carboxylic acids is 1. The van der Waals surface area contributed by atoms with Crippen LogP contribution in [0.25, 0.3) is 0 Å². The lowest BCUT2D eigenvalue weighted by Gasteiger charge is -2.08. The molecule has 0 aromatic heterocycles. The van der Waals surface area contributed by atoms with E-state index in [2.05, 4.69) is 37.2 Å². The minimum absolute atomic E-state index is 0.0325. The molecular formula is C11H11Br2NO4. The molecule has 0 spiro atoms. The van der Waals surface area contributed by atoms with Crippen LogP contribution in [0.2, 0.25) is 0 Å². The van der Waals surface area contributed by atoms with Crippen molar-refractivity contribution in [2.24, 2.45) is 0 Å². The van der Waals surface area contributed by atoms with Gasteiger partial charge in [-0.25, -0.2) is 4.79 Å². The molecule has 18 heavy (non-hydrogen) atoms. The van der Waals surface area contributed by atoms with Gasteiger partial charge in [0.25, 0.3) is 5.91 Å². The number of carbonyl (C=O) groups is 2. The Hall–Kier alpha value is -0.920. The quantitative estimate of drug-likeness (QED) is 0.726. The summed E-state index contributed by atoms with van der Waals surface area (Å²) in [7, 11) is 0. The average Bonchev–Trinajstić information content (AvgIpc) is 2.28. The van der Waals surface area contributed by atoms with Crippen molar-refractivity contribution < 1.29 is 19.8 Å². The number of rotatable bonds is 5. The molecule has 3 N–H and O–H groups in total. The van der Waals surface area contributed by atoms with E-state index in [0.717, 1.165) is 4.47 Å². The van der Waals surface area contributed by atoms with Gasteiger partial charge in [-0.15, -0.1) is 0 Å². The molecule has 0 unspecified atom stereocenters. The second-order valence-corrected chi connectivity index (χ2v) is 5.29. The van der Waals surface area contributed by atoms with Crippen LogP contribution in [0, 0.1) is 0 Å². The third-order valence-electron chi connectivity index (χ3n) is 2.16. The molecule has 7 heteroatoms.